The van der Waals surface area contributed by atoms with Gasteiger partial charge in [0.1, 0.15) is 5.69 Å². The molecule has 146 valence electrons. The van der Waals surface area contributed by atoms with Crippen LogP contribution in [0.4, 0.5) is 11.4 Å². The molecule has 1 saturated heterocycles. The number of imidazole rings is 1. The Morgan fingerprint density at radius 1 is 1.17 bits per heavy atom. The molecule has 5 rings (SSSR count). The van der Waals surface area contributed by atoms with Crippen LogP contribution >= 0.6 is 11.3 Å². The molecule has 3 heterocycles. The number of ether oxygens (including phenoxy) is 1. The fraction of sp³-hybridized carbons (Fsp3) is 0.200. The first kappa shape index (κ1) is 17.8. The van der Waals surface area contributed by atoms with E-state index in [1.54, 1.807) is 22.6 Å². The molecule has 0 unspecified atom stereocenters. The van der Waals surface area contributed by atoms with Crippen molar-refractivity contribution in [1.82, 2.24) is 9.38 Å². The topological polar surface area (TPSA) is 90.0 Å². The molecule has 1 aliphatic rings. The van der Waals surface area contributed by atoms with Crippen molar-refractivity contribution in [3.05, 3.63) is 73.0 Å². The van der Waals surface area contributed by atoms with Gasteiger partial charge in [-0.2, -0.15) is 0 Å². The second-order valence-electron chi connectivity index (χ2n) is 6.74. The fourth-order valence-electron chi connectivity index (χ4n) is 3.61. The zero-order valence-electron chi connectivity index (χ0n) is 15.3. The maximum atomic E-state index is 12.9. The standard InChI is InChI=1S/C20H16N4O4S/c25-19-18(29-20-21-14-3-1-2-4-15(14)23(19)20)12-13-5-6-16(17(11-13)24(26)27)22-7-9-28-10-8-22/h1-6,11-12H,7-10H2/b18-12-. The zero-order chi connectivity index (χ0) is 20.0. The third kappa shape index (κ3) is 3.04. The van der Waals surface area contributed by atoms with Crippen LogP contribution in [0.3, 0.4) is 0 Å². The molecule has 0 spiro atoms. The second kappa shape index (κ2) is 6.94. The highest BCUT2D eigenvalue weighted by atomic mass is 32.1. The van der Waals surface area contributed by atoms with E-state index in [0.717, 1.165) is 11.0 Å². The summed E-state index contributed by atoms with van der Waals surface area (Å²) in [5.74, 6) is 0. The van der Waals surface area contributed by atoms with Gasteiger partial charge < -0.3 is 9.64 Å². The van der Waals surface area contributed by atoms with Crippen LogP contribution in [0.15, 0.2) is 47.3 Å². The average molecular weight is 408 g/mol. The van der Waals surface area contributed by atoms with Crippen molar-refractivity contribution in [3.8, 4) is 0 Å². The van der Waals surface area contributed by atoms with Gasteiger partial charge in [0.25, 0.3) is 11.2 Å². The highest BCUT2D eigenvalue weighted by molar-refractivity contribution is 7.15. The van der Waals surface area contributed by atoms with E-state index in [4.69, 9.17) is 4.74 Å². The Labute approximate surface area is 168 Å². The number of hydrogen-bond acceptors (Lipinski definition) is 7. The first-order valence-electron chi connectivity index (χ1n) is 9.15. The van der Waals surface area contributed by atoms with Crippen molar-refractivity contribution >= 4 is 44.8 Å². The first-order chi connectivity index (χ1) is 14.1. The minimum Gasteiger partial charge on any atom is -0.378 e. The van der Waals surface area contributed by atoms with Gasteiger partial charge >= 0.3 is 0 Å². The molecule has 1 fully saturated rings. The number of para-hydroxylation sites is 2. The maximum absolute atomic E-state index is 12.9. The monoisotopic (exact) mass is 408 g/mol. The summed E-state index contributed by atoms with van der Waals surface area (Å²) in [7, 11) is 0. The Hall–Kier alpha value is -3.30. The molecule has 4 aromatic rings. The van der Waals surface area contributed by atoms with E-state index in [1.807, 2.05) is 29.2 Å². The number of nitro groups is 1. The van der Waals surface area contributed by atoms with Crippen molar-refractivity contribution in [2.75, 3.05) is 31.2 Å². The lowest BCUT2D eigenvalue weighted by Crippen LogP contribution is -2.36. The van der Waals surface area contributed by atoms with Gasteiger partial charge in [-0.3, -0.25) is 14.9 Å². The number of anilines is 1. The van der Waals surface area contributed by atoms with Crippen LogP contribution in [0.2, 0.25) is 0 Å². The van der Waals surface area contributed by atoms with Gasteiger partial charge in [0.2, 0.25) is 0 Å². The van der Waals surface area contributed by atoms with Gasteiger partial charge in [-0.1, -0.05) is 29.5 Å². The van der Waals surface area contributed by atoms with Gasteiger partial charge in [-0.15, -0.1) is 0 Å². The van der Waals surface area contributed by atoms with E-state index in [9.17, 15) is 14.9 Å². The Morgan fingerprint density at radius 3 is 2.76 bits per heavy atom. The Kier molecular flexibility index (Phi) is 4.26. The summed E-state index contributed by atoms with van der Waals surface area (Å²) in [5.41, 5.74) is 2.58. The minimum atomic E-state index is -0.380. The van der Waals surface area contributed by atoms with Crippen LogP contribution in [0, 0.1) is 10.1 Å². The summed E-state index contributed by atoms with van der Waals surface area (Å²) in [4.78, 5) is 31.2. The second-order valence-corrected chi connectivity index (χ2v) is 7.75. The molecule has 2 aromatic heterocycles. The van der Waals surface area contributed by atoms with Crippen molar-refractivity contribution in [3.63, 3.8) is 0 Å². The molecule has 0 bridgehead atoms. The number of aromatic nitrogens is 2. The molecule has 2 aromatic carbocycles. The minimum absolute atomic E-state index is 0.0277. The Bertz CT molecular complexity index is 1350. The number of benzene rings is 2. The van der Waals surface area contributed by atoms with E-state index >= 15 is 0 Å². The molecule has 0 saturated carbocycles. The van der Waals surface area contributed by atoms with E-state index < -0.39 is 0 Å². The van der Waals surface area contributed by atoms with Gasteiger partial charge in [-0.05, 0) is 29.8 Å². The van der Waals surface area contributed by atoms with Gasteiger partial charge in [0.05, 0.1) is 33.7 Å². The smallest absolute Gasteiger partial charge is 0.293 e. The van der Waals surface area contributed by atoms with Crippen molar-refractivity contribution in [1.29, 1.82) is 0 Å². The number of hydrogen-bond donors (Lipinski definition) is 0. The summed E-state index contributed by atoms with van der Waals surface area (Å²) in [6, 6.07) is 12.5. The van der Waals surface area contributed by atoms with Crippen LogP contribution in [-0.4, -0.2) is 40.6 Å². The van der Waals surface area contributed by atoms with E-state index in [-0.39, 0.29) is 16.2 Å². The normalized spacial score (nSPS) is 15.4. The van der Waals surface area contributed by atoms with Crippen LogP contribution in [0.1, 0.15) is 5.56 Å². The fourth-order valence-corrected chi connectivity index (χ4v) is 4.60. The van der Waals surface area contributed by atoms with E-state index in [1.165, 1.54) is 17.4 Å². The summed E-state index contributed by atoms with van der Waals surface area (Å²) in [5, 5.41) is 11.6. The van der Waals surface area contributed by atoms with Crippen LogP contribution < -0.4 is 15.0 Å². The molecule has 0 amide bonds. The predicted octanol–water partition coefficient (Wildman–Crippen LogP) is 2.20. The number of rotatable bonds is 3. The van der Waals surface area contributed by atoms with Crippen molar-refractivity contribution in [2.45, 2.75) is 0 Å². The maximum Gasteiger partial charge on any atom is 0.293 e. The largest absolute Gasteiger partial charge is 0.378 e. The Balaban J connectivity index is 1.61. The molecule has 0 N–H and O–H groups in total. The summed E-state index contributed by atoms with van der Waals surface area (Å²) in [6.07, 6.45) is 1.69. The first-order valence-corrected chi connectivity index (χ1v) is 9.96. The highest BCUT2D eigenvalue weighted by Gasteiger charge is 2.21. The molecular weight excluding hydrogens is 392 g/mol. The predicted molar refractivity (Wildman–Crippen MR) is 112 cm³/mol. The summed E-state index contributed by atoms with van der Waals surface area (Å²) >= 11 is 1.28. The SMILES string of the molecule is O=c1/c(=C/c2ccc(N3CCOCC3)c([N+](=O)[O-])c2)sc2nc3ccccc3n12. The van der Waals surface area contributed by atoms with E-state index in [2.05, 4.69) is 4.98 Å². The van der Waals surface area contributed by atoms with Crippen LogP contribution in [0.5, 0.6) is 0 Å². The lowest BCUT2D eigenvalue weighted by atomic mass is 10.1. The van der Waals surface area contributed by atoms with E-state index in [0.29, 0.717) is 47.0 Å². The lowest BCUT2D eigenvalue weighted by Gasteiger charge is -2.28. The van der Waals surface area contributed by atoms with Gasteiger partial charge in [0, 0.05) is 19.2 Å². The number of thiazole rings is 1. The van der Waals surface area contributed by atoms with Crippen molar-refractivity contribution < 1.29 is 9.66 Å². The van der Waals surface area contributed by atoms with Gasteiger partial charge in [0.15, 0.2) is 4.96 Å². The zero-order valence-corrected chi connectivity index (χ0v) is 16.1. The quantitative estimate of drug-likeness (QED) is 0.381. The molecule has 8 nitrogen and oxygen atoms in total. The van der Waals surface area contributed by atoms with Crippen molar-refractivity contribution in [2.24, 2.45) is 0 Å². The highest BCUT2D eigenvalue weighted by Crippen LogP contribution is 2.30. The molecule has 0 radical (unpaired) electrons. The number of nitrogens with zero attached hydrogens (tertiary/aromatic N) is 4. The third-order valence-corrected chi connectivity index (χ3v) is 5.96. The number of morpholine rings is 1. The molecular formula is C20H16N4O4S. The lowest BCUT2D eigenvalue weighted by molar-refractivity contribution is -0.384. The summed E-state index contributed by atoms with van der Waals surface area (Å²) < 4.78 is 7.41. The average Bonchev–Trinajstić information content (AvgIpc) is 3.25. The third-order valence-electron chi connectivity index (χ3n) is 4.99. The molecule has 0 atom stereocenters. The Morgan fingerprint density at radius 2 is 1.97 bits per heavy atom. The number of nitro benzene ring substituents is 1. The molecule has 1 aliphatic heterocycles. The van der Waals surface area contributed by atoms with Crippen LogP contribution in [-0.2, 0) is 4.74 Å². The molecule has 29 heavy (non-hydrogen) atoms. The molecule has 9 heteroatoms. The summed E-state index contributed by atoms with van der Waals surface area (Å²) in [6.45, 7) is 2.33. The number of fused-ring (bicyclic) bond motifs is 3. The molecule has 0 aliphatic carbocycles. The van der Waals surface area contributed by atoms with Gasteiger partial charge in [-0.25, -0.2) is 9.38 Å². The van der Waals surface area contributed by atoms with Crippen LogP contribution in [0.25, 0.3) is 22.1 Å².